The standard InChI is InChI=1S/C2H5N3O3S/c3-5-4-1-2-8-9(6)7/h1-2H2,(H,6,7). The third-order valence-electron chi connectivity index (χ3n) is 0.439. The molecule has 0 fully saturated rings. The summed E-state index contributed by atoms with van der Waals surface area (Å²) < 4.78 is 21.8. The van der Waals surface area contributed by atoms with E-state index in [1.165, 1.54) is 0 Å². The number of hydrogen-bond acceptors (Lipinski definition) is 3. The van der Waals surface area contributed by atoms with E-state index >= 15 is 0 Å². The van der Waals surface area contributed by atoms with Crippen LogP contribution in [0.15, 0.2) is 5.11 Å². The van der Waals surface area contributed by atoms with Gasteiger partial charge in [-0.2, -0.15) is 4.21 Å². The van der Waals surface area contributed by atoms with E-state index in [0.29, 0.717) is 0 Å². The Morgan fingerprint density at radius 3 is 3.00 bits per heavy atom. The molecule has 52 valence electrons. The average Bonchev–Trinajstić information content (AvgIpc) is 1.80. The minimum Gasteiger partial charge on any atom is -0.284 e. The van der Waals surface area contributed by atoms with Gasteiger partial charge in [0.05, 0.1) is 13.2 Å². The number of azide groups is 1. The van der Waals surface area contributed by atoms with Crippen molar-refractivity contribution in [2.24, 2.45) is 5.11 Å². The second kappa shape index (κ2) is 5.52. The zero-order chi connectivity index (χ0) is 7.11. The Morgan fingerprint density at radius 1 is 1.89 bits per heavy atom. The molecule has 0 aliphatic heterocycles. The lowest BCUT2D eigenvalue weighted by Gasteiger charge is -1.89. The van der Waals surface area contributed by atoms with Gasteiger partial charge in [-0.1, -0.05) is 5.11 Å². The van der Waals surface area contributed by atoms with Gasteiger partial charge < -0.3 is 0 Å². The van der Waals surface area contributed by atoms with Crippen LogP contribution >= 0.6 is 0 Å². The number of hydrogen-bond donors (Lipinski definition) is 1. The Labute approximate surface area is 53.9 Å². The van der Waals surface area contributed by atoms with Crippen molar-refractivity contribution in [1.82, 2.24) is 0 Å². The lowest BCUT2D eigenvalue weighted by atomic mass is 10.8. The van der Waals surface area contributed by atoms with Crippen LogP contribution in [0.5, 0.6) is 0 Å². The first-order chi connectivity index (χ1) is 4.27. The van der Waals surface area contributed by atoms with Gasteiger partial charge >= 0.3 is 11.4 Å². The van der Waals surface area contributed by atoms with Gasteiger partial charge in [-0.15, -0.1) is 0 Å². The van der Waals surface area contributed by atoms with Crippen LogP contribution in [0.25, 0.3) is 10.4 Å². The number of rotatable bonds is 4. The topological polar surface area (TPSA) is 95.3 Å². The second-order valence-corrected chi connectivity index (χ2v) is 1.66. The maximum atomic E-state index is 9.72. The summed E-state index contributed by atoms with van der Waals surface area (Å²) in [5.74, 6) is 0. The molecule has 1 atom stereocenters. The molecule has 0 spiro atoms. The maximum Gasteiger partial charge on any atom is 0.301 e. The van der Waals surface area contributed by atoms with Gasteiger partial charge in [0.1, 0.15) is 0 Å². The van der Waals surface area contributed by atoms with E-state index < -0.39 is 11.4 Å². The van der Waals surface area contributed by atoms with Gasteiger partial charge in [-0.25, -0.2) is 0 Å². The van der Waals surface area contributed by atoms with Crippen molar-refractivity contribution in [2.45, 2.75) is 0 Å². The lowest BCUT2D eigenvalue weighted by molar-refractivity contribution is 0.315. The minimum atomic E-state index is -2.25. The third-order valence-corrected chi connectivity index (χ3v) is 0.807. The molecule has 0 saturated heterocycles. The van der Waals surface area contributed by atoms with Gasteiger partial charge in [0.2, 0.25) is 0 Å². The SMILES string of the molecule is [N-]=[N+]=NCCOS(=O)O. The second-order valence-electron chi connectivity index (χ2n) is 0.994. The fourth-order valence-electron chi connectivity index (χ4n) is 0.194. The molecule has 9 heavy (non-hydrogen) atoms. The first-order valence-electron chi connectivity index (χ1n) is 2.02. The Bertz CT molecular complexity index is 140. The molecule has 0 saturated carbocycles. The van der Waals surface area contributed by atoms with Crippen molar-refractivity contribution in [3.8, 4) is 0 Å². The minimum absolute atomic E-state index is 0.0346. The van der Waals surface area contributed by atoms with Crippen molar-refractivity contribution in [3.05, 3.63) is 10.4 Å². The third kappa shape index (κ3) is 7.38. The molecule has 0 radical (unpaired) electrons. The summed E-state index contributed by atoms with van der Waals surface area (Å²) in [5, 5.41) is 3.05. The van der Waals surface area contributed by atoms with Crippen LogP contribution in [0, 0.1) is 0 Å². The predicted octanol–water partition coefficient (Wildman–Crippen LogP) is 0.450. The van der Waals surface area contributed by atoms with E-state index in [4.69, 9.17) is 10.1 Å². The number of nitrogens with zero attached hydrogens (tertiary/aromatic N) is 3. The Morgan fingerprint density at radius 2 is 2.56 bits per heavy atom. The highest BCUT2D eigenvalue weighted by Crippen LogP contribution is 1.79. The smallest absolute Gasteiger partial charge is 0.284 e. The lowest BCUT2D eigenvalue weighted by Crippen LogP contribution is -1.99. The van der Waals surface area contributed by atoms with E-state index in [1.54, 1.807) is 0 Å². The van der Waals surface area contributed by atoms with Crippen LogP contribution in [0.4, 0.5) is 0 Å². The van der Waals surface area contributed by atoms with Gasteiger partial charge in [-0.3, -0.25) is 8.74 Å². The average molecular weight is 151 g/mol. The molecular formula is C2H5N3O3S. The monoisotopic (exact) mass is 151 g/mol. The molecule has 0 aromatic heterocycles. The molecule has 0 aliphatic rings. The summed E-state index contributed by atoms with van der Waals surface area (Å²) in [6, 6.07) is 0. The predicted molar refractivity (Wildman–Crippen MR) is 30.7 cm³/mol. The molecule has 0 bridgehead atoms. The molecule has 1 N–H and O–H groups in total. The largest absolute Gasteiger partial charge is 0.301 e. The summed E-state index contributed by atoms with van der Waals surface area (Å²) in [6.45, 7) is 0.0377. The van der Waals surface area contributed by atoms with Gasteiger partial charge in [-0.05, 0) is 5.53 Å². The van der Waals surface area contributed by atoms with Crippen LogP contribution in [-0.4, -0.2) is 21.9 Å². The van der Waals surface area contributed by atoms with Gasteiger partial charge in [0.25, 0.3) is 0 Å². The normalized spacial score (nSPS) is 12.1. The first-order valence-corrected chi connectivity index (χ1v) is 3.05. The molecule has 0 aliphatic carbocycles. The molecule has 0 amide bonds. The maximum absolute atomic E-state index is 9.72. The van der Waals surface area contributed by atoms with Gasteiger partial charge in [0, 0.05) is 4.91 Å². The molecule has 1 unspecified atom stereocenters. The van der Waals surface area contributed by atoms with Crippen LogP contribution < -0.4 is 0 Å². The summed E-state index contributed by atoms with van der Waals surface area (Å²) in [7, 11) is 0. The zero-order valence-corrected chi connectivity index (χ0v) is 5.24. The van der Waals surface area contributed by atoms with Crippen molar-refractivity contribution >= 4 is 11.4 Å². The van der Waals surface area contributed by atoms with Crippen molar-refractivity contribution in [2.75, 3.05) is 13.2 Å². The Kier molecular flexibility index (Phi) is 5.14. The molecule has 0 aromatic rings. The zero-order valence-electron chi connectivity index (χ0n) is 4.43. The molecule has 0 heterocycles. The van der Waals surface area contributed by atoms with E-state index in [9.17, 15) is 4.21 Å². The van der Waals surface area contributed by atoms with Crippen molar-refractivity contribution in [3.63, 3.8) is 0 Å². The van der Waals surface area contributed by atoms with E-state index in [2.05, 4.69) is 14.2 Å². The van der Waals surface area contributed by atoms with Crippen molar-refractivity contribution < 1.29 is 12.9 Å². The molecule has 7 heteroatoms. The summed E-state index contributed by atoms with van der Waals surface area (Å²) >= 11 is -2.25. The van der Waals surface area contributed by atoms with Crippen molar-refractivity contribution in [1.29, 1.82) is 0 Å². The van der Waals surface area contributed by atoms with Crippen LogP contribution in [0.2, 0.25) is 0 Å². The van der Waals surface area contributed by atoms with Crippen LogP contribution in [0.1, 0.15) is 0 Å². The summed E-state index contributed by atoms with van der Waals surface area (Å²) in [5.41, 5.74) is 7.70. The highest BCUT2D eigenvalue weighted by Gasteiger charge is 1.88. The molecule has 0 aromatic carbocycles. The molecule has 6 nitrogen and oxygen atoms in total. The Balaban J connectivity index is 3.10. The van der Waals surface area contributed by atoms with Gasteiger partial charge in [0.15, 0.2) is 0 Å². The molecule has 0 rings (SSSR count). The summed E-state index contributed by atoms with van der Waals surface area (Å²) in [6.07, 6.45) is 0. The Hall–Kier alpha value is -0.620. The van der Waals surface area contributed by atoms with E-state index in [0.717, 1.165) is 0 Å². The fraction of sp³-hybridized carbons (Fsp3) is 1.00. The summed E-state index contributed by atoms with van der Waals surface area (Å²) in [4.78, 5) is 2.40. The van der Waals surface area contributed by atoms with E-state index in [1.807, 2.05) is 0 Å². The fourth-order valence-corrected chi connectivity index (χ4v) is 0.411. The quantitative estimate of drug-likeness (QED) is 0.208. The van der Waals surface area contributed by atoms with E-state index in [-0.39, 0.29) is 13.2 Å². The highest BCUT2D eigenvalue weighted by atomic mass is 32.2. The van der Waals surface area contributed by atoms with Crippen LogP contribution in [0.3, 0.4) is 0 Å². The highest BCUT2D eigenvalue weighted by molar-refractivity contribution is 7.74. The first kappa shape index (κ1) is 8.38. The van der Waals surface area contributed by atoms with Crippen LogP contribution in [-0.2, 0) is 15.5 Å². The molecular weight excluding hydrogens is 146 g/mol.